The van der Waals surface area contributed by atoms with Crippen molar-refractivity contribution in [1.82, 2.24) is 4.90 Å². The van der Waals surface area contributed by atoms with Gasteiger partial charge in [0.05, 0.1) is 13.7 Å². The molecule has 0 N–H and O–H groups in total. The molecule has 3 rings (SSSR count). The van der Waals surface area contributed by atoms with Crippen LogP contribution in [0.3, 0.4) is 0 Å². The van der Waals surface area contributed by atoms with Crippen molar-refractivity contribution in [3.8, 4) is 5.75 Å². The first kappa shape index (κ1) is 19.0. The number of hydrogen-bond donors (Lipinski definition) is 0. The largest absolute Gasteiger partial charge is 0.488 e. The standard InChI is InChI=1S/C21H25NO5/c1-21(2,3)27-20(24)22-13-15(12-17(22)19(23)25-4)26-18-11-7-9-14-8-5-6-10-16(14)18/h5-11,15,17H,12-13H2,1-4H3. The number of ether oxygens (including phenoxy) is 3. The number of carbonyl (C=O) groups is 2. The van der Waals surface area contributed by atoms with Crippen LogP contribution < -0.4 is 4.74 Å². The van der Waals surface area contributed by atoms with Crippen molar-refractivity contribution in [1.29, 1.82) is 0 Å². The second kappa shape index (κ2) is 7.47. The van der Waals surface area contributed by atoms with Gasteiger partial charge < -0.3 is 14.2 Å². The van der Waals surface area contributed by atoms with Crippen molar-refractivity contribution in [3.05, 3.63) is 42.5 Å². The highest BCUT2D eigenvalue weighted by Crippen LogP contribution is 2.30. The van der Waals surface area contributed by atoms with E-state index in [4.69, 9.17) is 14.2 Å². The Morgan fingerprint density at radius 2 is 1.78 bits per heavy atom. The maximum Gasteiger partial charge on any atom is 0.411 e. The maximum absolute atomic E-state index is 12.5. The fourth-order valence-corrected chi connectivity index (χ4v) is 3.24. The first-order valence-electron chi connectivity index (χ1n) is 9.00. The number of fused-ring (bicyclic) bond motifs is 1. The highest BCUT2D eigenvalue weighted by molar-refractivity contribution is 5.88. The van der Waals surface area contributed by atoms with Crippen LogP contribution in [-0.4, -0.2) is 48.4 Å². The Labute approximate surface area is 159 Å². The number of nitrogens with zero attached hydrogens (tertiary/aromatic N) is 1. The van der Waals surface area contributed by atoms with Crippen LogP contribution in [0.15, 0.2) is 42.5 Å². The van der Waals surface area contributed by atoms with Gasteiger partial charge in [0.1, 0.15) is 23.5 Å². The fraction of sp³-hybridized carbons (Fsp3) is 0.429. The molecule has 0 aliphatic carbocycles. The molecule has 0 aromatic heterocycles. The van der Waals surface area contributed by atoms with Gasteiger partial charge in [-0.05, 0) is 32.2 Å². The van der Waals surface area contributed by atoms with Gasteiger partial charge in [-0.15, -0.1) is 0 Å². The summed E-state index contributed by atoms with van der Waals surface area (Å²) in [4.78, 5) is 26.1. The summed E-state index contributed by atoms with van der Waals surface area (Å²) in [5.41, 5.74) is -0.646. The van der Waals surface area contributed by atoms with E-state index >= 15 is 0 Å². The summed E-state index contributed by atoms with van der Waals surface area (Å²) < 4.78 is 16.5. The van der Waals surface area contributed by atoms with Gasteiger partial charge in [0.2, 0.25) is 0 Å². The van der Waals surface area contributed by atoms with Gasteiger partial charge in [0.25, 0.3) is 0 Å². The zero-order chi connectivity index (χ0) is 19.6. The number of amides is 1. The molecule has 144 valence electrons. The summed E-state index contributed by atoms with van der Waals surface area (Å²) >= 11 is 0. The molecule has 27 heavy (non-hydrogen) atoms. The Kier molecular flexibility index (Phi) is 5.26. The van der Waals surface area contributed by atoms with Gasteiger partial charge >= 0.3 is 12.1 Å². The number of hydrogen-bond acceptors (Lipinski definition) is 5. The van der Waals surface area contributed by atoms with Crippen molar-refractivity contribution < 1.29 is 23.8 Å². The van der Waals surface area contributed by atoms with Gasteiger partial charge in [0.15, 0.2) is 0 Å². The number of carbonyl (C=O) groups excluding carboxylic acids is 2. The third kappa shape index (κ3) is 4.32. The van der Waals surface area contributed by atoms with Crippen LogP contribution in [0.2, 0.25) is 0 Å². The quantitative estimate of drug-likeness (QED) is 0.769. The third-order valence-electron chi connectivity index (χ3n) is 4.41. The Morgan fingerprint density at radius 3 is 2.48 bits per heavy atom. The number of methoxy groups -OCH3 is 1. The lowest BCUT2D eigenvalue weighted by molar-refractivity contribution is -0.145. The molecule has 1 aliphatic rings. The molecular formula is C21H25NO5. The number of rotatable bonds is 3. The normalized spacial score (nSPS) is 19.8. The molecule has 2 aromatic rings. The van der Waals surface area contributed by atoms with Crippen molar-refractivity contribution in [2.24, 2.45) is 0 Å². The molecule has 0 bridgehead atoms. The van der Waals surface area contributed by atoms with E-state index < -0.39 is 23.7 Å². The van der Waals surface area contributed by atoms with E-state index in [-0.39, 0.29) is 12.6 Å². The lowest BCUT2D eigenvalue weighted by Crippen LogP contribution is -2.44. The Balaban J connectivity index is 1.81. The minimum atomic E-state index is -0.718. The highest BCUT2D eigenvalue weighted by atomic mass is 16.6. The summed E-state index contributed by atoms with van der Waals surface area (Å²) in [6, 6.07) is 13.0. The predicted molar refractivity (Wildman–Crippen MR) is 102 cm³/mol. The Morgan fingerprint density at radius 1 is 1.07 bits per heavy atom. The maximum atomic E-state index is 12.5. The smallest absolute Gasteiger partial charge is 0.411 e. The van der Waals surface area contributed by atoms with E-state index in [0.717, 1.165) is 16.5 Å². The van der Waals surface area contributed by atoms with Crippen molar-refractivity contribution >= 4 is 22.8 Å². The minimum Gasteiger partial charge on any atom is -0.488 e. The average Bonchev–Trinajstić information content (AvgIpc) is 3.04. The van der Waals surface area contributed by atoms with E-state index in [9.17, 15) is 9.59 Å². The van der Waals surface area contributed by atoms with Crippen molar-refractivity contribution in [2.45, 2.75) is 44.9 Å². The summed E-state index contributed by atoms with van der Waals surface area (Å²) in [6.45, 7) is 5.63. The number of esters is 1. The molecule has 1 saturated heterocycles. The Hall–Kier alpha value is -2.76. The van der Waals surface area contributed by atoms with Gasteiger partial charge in [-0.1, -0.05) is 36.4 Å². The monoisotopic (exact) mass is 371 g/mol. The number of likely N-dealkylation sites (tertiary alicyclic amines) is 1. The molecule has 0 spiro atoms. The zero-order valence-electron chi connectivity index (χ0n) is 16.1. The van der Waals surface area contributed by atoms with E-state index in [0.29, 0.717) is 6.42 Å². The molecule has 1 amide bonds. The van der Waals surface area contributed by atoms with Crippen LogP contribution in [0.5, 0.6) is 5.75 Å². The van der Waals surface area contributed by atoms with Crippen molar-refractivity contribution in [3.63, 3.8) is 0 Å². The summed E-state index contributed by atoms with van der Waals surface area (Å²) in [6.07, 6.45) is -0.510. The SMILES string of the molecule is COC(=O)C1CC(Oc2cccc3ccccc23)CN1C(=O)OC(C)(C)C. The molecule has 1 heterocycles. The van der Waals surface area contributed by atoms with E-state index in [1.54, 1.807) is 20.8 Å². The van der Waals surface area contributed by atoms with Crippen LogP contribution >= 0.6 is 0 Å². The van der Waals surface area contributed by atoms with Crippen molar-refractivity contribution in [2.75, 3.05) is 13.7 Å². The summed E-state index contributed by atoms with van der Waals surface area (Å²) in [5, 5.41) is 2.06. The lowest BCUT2D eigenvalue weighted by atomic mass is 10.1. The van der Waals surface area contributed by atoms with Crippen LogP contribution in [0.1, 0.15) is 27.2 Å². The average molecular weight is 371 g/mol. The predicted octanol–water partition coefficient (Wildman–Crippen LogP) is 3.77. The van der Waals surface area contributed by atoms with Gasteiger partial charge in [-0.25, -0.2) is 9.59 Å². The molecule has 1 aliphatic heterocycles. The van der Waals surface area contributed by atoms with Crippen LogP contribution in [0.4, 0.5) is 4.79 Å². The first-order chi connectivity index (χ1) is 12.8. The zero-order valence-corrected chi connectivity index (χ0v) is 16.1. The van der Waals surface area contributed by atoms with Gasteiger partial charge in [-0.2, -0.15) is 0 Å². The summed E-state index contributed by atoms with van der Waals surface area (Å²) in [5.74, 6) is 0.262. The topological polar surface area (TPSA) is 65.1 Å². The molecule has 6 heteroatoms. The number of benzene rings is 2. The minimum absolute atomic E-state index is 0.262. The van der Waals surface area contributed by atoms with Crippen LogP contribution in [0, 0.1) is 0 Å². The first-order valence-corrected chi connectivity index (χ1v) is 9.00. The second-order valence-corrected chi connectivity index (χ2v) is 7.62. The molecular weight excluding hydrogens is 346 g/mol. The van der Waals surface area contributed by atoms with E-state index in [2.05, 4.69) is 0 Å². The van der Waals surface area contributed by atoms with E-state index in [1.165, 1.54) is 12.0 Å². The van der Waals surface area contributed by atoms with Gasteiger partial charge in [-0.3, -0.25) is 4.90 Å². The highest BCUT2D eigenvalue weighted by Gasteiger charge is 2.43. The Bertz CT molecular complexity index is 837. The van der Waals surface area contributed by atoms with Gasteiger partial charge in [0, 0.05) is 11.8 Å². The van der Waals surface area contributed by atoms with Crippen LogP contribution in [-0.2, 0) is 14.3 Å². The summed E-state index contributed by atoms with van der Waals surface area (Å²) in [7, 11) is 1.31. The molecule has 2 atom stereocenters. The van der Waals surface area contributed by atoms with Crippen LogP contribution in [0.25, 0.3) is 10.8 Å². The molecule has 1 fully saturated rings. The fourth-order valence-electron chi connectivity index (χ4n) is 3.24. The molecule has 0 radical (unpaired) electrons. The lowest BCUT2D eigenvalue weighted by Gasteiger charge is -2.27. The second-order valence-electron chi connectivity index (χ2n) is 7.62. The molecule has 6 nitrogen and oxygen atoms in total. The third-order valence-corrected chi connectivity index (χ3v) is 4.41. The molecule has 2 aromatic carbocycles. The molecule has 2 unspecified atom stereocenters. The molecule has 0 saturated carbocycles. The van der Waals surface area contributed by atoms with E-state index in [1.807, 2.05) is 42.5 Å².